The number of carbonyl (C=O) groups is 2. The van der Waals surface area contributed by atoms with Crippen LogP contribution in [0.3, 0.4) is 0 Å². The number of hydrogen-bond acceptors (Lipinski definition) is 5. The molecule has 2 rings (SSSR count). The Kier molecular flexibility index (Phi) is 4.17. The number of aromatic carboxylic acids is 1. The Hall–Kier alpha value is -2.60. The second-order valence-corrected chi connectivity index (χ2v) is 4.17. The van der Waals surface area contributed by atoms with Crippen LogP contribution < -0.4 is 16.0 Å². The molecule has 0 atom stereocenters. The lowest BCUT2D eigenvalue weighted by atomic mass is 10.1. The van der Waals surface area contributed by atoms with Gasteiger partial charge in [0.15, 0.2) is 0 Å². The molecule has 0 aliphatic rings. The Morgan fingerprint density at radius 1 is 1.15 bits per heavy atom. The van der Waals surface area contributed by atoms with E-state index >= 15 is 0 Å². The molecule has 6 heteroatoms. The molecule has 20 heavy (non-hydrogen) atoms. The summed E-state index contributed by atoms with van der Waals surface area (Å²) < 4.78 is 5.58. The zero-order valence-corrected chi connectivity index (χ0v) is 10.8. The van der Waals surface area contributed by atoms with Gasteiger partial charge in [0.25, 0.3) is 0 Å². The molecule has 2 N–H and O–H groups in total. The van der Waals surface area contributed by atoms with Gasteiger partial charge in [-0.25, -0.2) is 5.43 Å². The van der Waals surface area contributed by atoms with Gasteiger partial charge >= 0.3 is 0 Å². The molecule has 0 spiro atoms. The molecule has 1 aromatic carbocycles. The summed E-state index contributed by atoms with van der Waals surface area (Å²) in [6, 6.07) is 9.77. The minimum absolute atomic E-state index is 0.118. The lowest BCUT2D eigenvalue weighted by molar-refractivity contribution is -0.255. The van der Waals surface area contributed by atoms with E-state index in [4.69, 9.17) is 4.42 Å². The lowest BCUT2D eigenvalue weighted by Crippen LogP contribution is -2.34. The molecule has 6 nitrogen and oxygen atoms in total. The fraction of sp³-hybridized carbons (Fsp3) is 0.143. The summed E-state index contributed by atoms with van der Waals surface area (Å²) in [5.74, 6) is -0.127. The highest BCUT2D eigenvalue weighted by Crippen LogP contribution is 2.22. The highest BCUT2D eigenvalue weighted by molar-refractivity contribution is 5.86. The Morgan fingerprint density at radius 3 is 2.45 bits per heavy atom. The first kappa shape index (κ1) is 13.8. The van der Waals surface area contributed by atoms with Gasteiger partial charge in [-0.15, -0.1) is 0 Å². The van der Waals surface area contributed by atoms with Gasteiger partial charge in [-0.1, -0.05) is 24.3 Å². The fourth-order valence-electron chi connectivity index (χ4n) is 1.65. The molecule has 0 saturated heterocycles. The topological polar surface area (TPSA) is 94.4 Å². The number of nitrogens with one attached hydrogen (secondary N) is 2. The first-order valence-corrected chi connectivity index (χ1v) is 5.96. The number of carbonyl (C=O) groups excluding carboxylic acids is 2. The predicted molar refractivity (Wildman–Crippen MR) is 69.1 cm³/mol. The van der Waals surface area contributed by atoms with Crippen LogP contribution in [-0.2, 0) is 11.3 Å². The van der Waals surface area contributed by atoms with Gasteiger partial charge in [0, 0.05) is 12.5 Å². The van der Waals surface area contributed by atoms with Gasteiger partial charge in [-0.05, 0) is 17.7 Å². The highest BCUT2D eigenvalue weighted by Gasteiger charge is 2.05. The summed E-state index contributed by atoms with van der Waals surface area (Å²) in [7, 11) is 0. The standard InChI is InChI=1S/C14H14N2O4/c1-9(17)16-15-8-12-6-7-13(20-12)10-2-4-11(5-3-10)14(18)19/h2-7,15H,8H2,1H3,(H,16,17)(H,18,19)/p-1. The quantitative estimate of drug-likeness (QED) is 0.771. The van der Waals surface area contributed by atoms with E-state index in [0.717, 1.165) is 5.56 Å². The van der Waals surface area contributed by atoms with Crippen LogP contribution in [0.1, 0.15) is 23.0 Å². The van der Waals surface area contributed by atoms with Crippen molar-refractivity contribution in [2.75, 3.05) is 0 Å². The third-order valence-electron chi connectivity index (χ3n) is 2.59. The summed E-state index contributed by atoms with van der Waals surface area (Å²) >= 11 is 0. The van der Waals surface area contributed by atoms with Crippen LogP contribution in [0.25, 0.3) is 11.3 Å². The Balaban J connectivity index is 2.04. The molecule has 104 valence electrons. The van der Waals surface area contributed by atoms with Gasteiger partial charge in [-0.2, -0.15) is 0 Å². The number of furan rings is 1. The van der Waals surface area contributed by atoms with Crippen molar-refractivity contribution in [3.63, 3.8) is 0 Å². The van der Waals surface area contributed by atoms with Crippen LogP contribution in [0.15, 0.2) is 40.8 Å². The molecule has 2 aromatic rings. The average Bonchev–Trinajstić information content (AvgIpc) is 2.87. The van der Waals surface area contributed by atoms with Crippen LogP contribution in [0, 0.1) is 0 Å². The Labute approximate surface area is 115 Å². The van der Waals surface area contributed by atoms with E-state index in [1.165, 1.54) is 19.1 Å². The van der Waals surface area contributed by atoms with Crippen LogP contribution in [0.4, 0.5) is 0 Å². The number of carboxylic acid groups (broad SMARTS) is 1. The molecule has 1 heterocycles. The van der Waals surface area contributed by atoms with Crippen LogP contribution in [0.5, 0.6) is 0 Å². The molecular weight excluding hydrogens is 260 g/mol. The smallest absolute Gasteiger partial charge is 0.230 e. The van der Waals surface area contributed by atoms with Crippen LogP contribution in [-0.4, -0.2) is 11.9 Å². The van der Waals surface area contributed by atoms with Crippen molar-refractivity contribution in [3.8, 4) is 11.3 Å². The SMILES string of the molecule is CC(=O)NNCc1ccc(-c2ccc(C(=O)[O-])cc2)o1. The first-order valence-electron chi connectivity index (χ1n) is 5.96. The van der Waals surface area contributed by atoms with Gasteiger partial charge in [0.05, 0.1) is 12.5 Å². The number of amides is 1. The second-order valence-electron chi connectivity index (χ2n) is 4.17. The normalized spacial score (nSPS) is 10.2. The van der Waals surface area contributed by atoms with Crippen molar-refractivity contribution < 1.29 is 19.1 Å². The van der Waals surface area contributed by atoms with E-state index in [0.29, 0.717) is 18.1 Å². The summed E-state index contributed by atoms with van der Waals surface area (Å²) in [5.41, 5.74) is 6.04. The molecule has 0 radical (unpaired) electrons. The fourth-order valence-corrected chi connectivity index (χ4v) is 1.65. The molecule has 0 bridgehead atoms. The minimum atomic E-state index is -1.21. The molecule has 0 aliphatic carbocycles. The number of carboxylic acids is 1. The molecule has 0 saturated carbocycles. The minimum Gasteiger partial charge on any atom is -0.545 e. The molecule has 1 amide bonds. The zero-order chi connectivity index (χ0) is 14.5. The summed E-state index contributed by atoms with van der Waals surface area (Å²) in [6.45, 7) is 1.76. The van der Waals surface area contributed by atoms with Crippen molar-refractivity contribution in [3.05, 3.63) is 47.7 Å². The molecule has 0 aliphatic heterocycles. The molecule has 0 unspecified atom stereocenters. The monoisotopic (exact) mass is 273 g/mol. The van der Waals surface area contributed by atoms with Gasteiger partial charge in [0.2, 0.25) is 5.91 Å². The van der Waals surface area contributed by atoms with Gasteiger partial charge < -0.3 is 14.3 Å². The first-order chi connectivity index (χ1) is 9.56. The van der Waals surface area contributed by atoms with Crippen molar-refractivity contribution in [1.82, 2.24) is 10.9 Å². The van der Waals surface area contributed by atoms with Crippen molar-refractivity contribution in [1.29, 1.82) is 0 Å². The summed E-state index contributed by atoms with van der Waals surface area (Å²) in [6.07, 6.45) is 0. The summed E-state index contributed by atoms with van der Waals surface area (Å²) in [4.78, 5) is 21.3. The largest absolute Gasteiger partial charge is 0.545 e. The van der Waals surface area contributed by atoms with E-state index < -0.39 is 5.97 Å². The van der Waals surface area contributed by atoms with Crippen molar-refractivity contribution >= 4 is 11.9 Å². The van der Waals surface area contributed by atoms with Crippen LogP contribution in [0.2, 0.25) is 0 Å². The maximum Gasteiger partial charge on any atom is 0.230 e. The summed E-state index contributed by atoms with van der Waals surface area (Å²) in [5, 5.41) is 10.6. The average molecular weight is 273 g/mol. The van der Waals surface area contributed by atoms with Crippen molar-refractivity contribution in [2.24, 2.45) is 0 Å². The highest BCUT2D eigenvalue weighted by atomic mass is 16.4. The predicted octanol–water partition coefficient (Wildman–Crippen LogP) is 0.451. The zero-order valence-electron chi connectivity index (χ0n) is 10.8. The lowest BCUT2D eigenvalue weighted by Gasteiger charge is -2.03. The third kappa shape index (κ3) is 3.46. The second kappa shape index (κ2) is 6.03. The van der Waals surface area contributed by atoms with Crippen LogP contribution >= 0.6 is 0 Å². The van der Waals surface area contributed by atoms with E-state index in [2.05, 4.69) is 10.9 Å². The maximum atomic E-state index is 10.7. The third-order valence-corrected chi connectivity index (χ3v) is 2.59. The number of hydrazine groups is 1. The van der Waals surface area contributed by atoms with E-state index in [-0.39, 0.29) is 11.5 Å². The Bertz CT molecular complexity index is 616. The van der Waals surface area contributed by atoms with Gasteiger partial charge in [0.1, 0.15) is 11.5 Å². The number of rotatable bonds is 5. The van der Waals surface area contributed by atoms with E-state index in [9.17, 15) is 14.7 Å². The van der Waals surface area contributed by atoms with Crippen molar-refractivity contribution in [2.45, 2.75) is 13.5 Å². The molecule has 1 aromatic heterocycles. The van der Waals surface area contributed by atoms with E-state index in [1.807, 2.05) is 0 Å². The number of benzene rings is 1. The number of hydrogen-bond donors (Lipinski definition) is 2. The Morgan fingerprint density at radius 2 is 1.85 bits per heavy atom. The van der Waals surface area contributed by atoms with Gasteiger partial charge in [-0.3, -0.25) is 10.2 Å². The maximum absolute atomic E-state index is 10.7. The molecular formula is C14H13N2O4-. The van der Waals surface area contributed by atoms with E-state index in [1.54, 1.807) is 24.3 Å². The molecule has 0 fully saturated rings.